The maximum Gasteiger partial charge on any atom is 0.110 e. The molecular weight excluding hydrogens is 224 g/mol. The van der Waals surface area contributed by atoms with Crippen molar-refractivity contribution in [1.29, 1.82) is 5.26 Å². The molecule has 0 aliphatic heterocycles. The van der Waals surface area contributed by atoms with Gasteiger partial charge in [-0.1, -0.05) is 6.92 Å². The standard InChI is InChI=1S/C11H16N2O2S/c1-2-11(7-14,8-15)13-6-10-4-3-9(5-12)16-10/h3-4,13-15H,2,6-8H2,1H3. The molecule has 0 amide bonds. The molecule has 0 saturated carbocycles. The molecule has 4 nitrogen and oxygen atoms in total. The van der Waals surface area contributed by atoms with E-state index in [1.54, 1.807) is 6.07 Å². The lowest BCUT2D eigenvalue weighted by Crippen LogP contribution is -2.50. The average Bonchev–Trinajstić information content (AvgIpc) is 2.80. The minimum atomic E-state index is -0.628. The molecule has 0 bridgehead atoms. The SMILES string of the molecule is CCC(CO)(CO)NCc1ccc(C#N)s1. The lowest BCUT2D eigenvalue weighted by molar-refractivity contribution is 0.0866. The molecule has 0 spiro atoms. The highest BCUT2D eigenvalue weighted by Crippen LogP contribution is 2.17. The first kappa shape index (κ1) is 13.1. The summed E-state index contributed by atoms with van der Waals surface area (Å²) in [5.41, 5.74) is -0.628. The fourth-order valence-corrected chi connectivity index (χ4v) is 2.06. The maximum atomic E-state index is 9.23. The van der Waals surface area contributed by atoms with Crippen molar-refractivity contribution in [3.05, 3.63) is 21.9 Å². The number of thiophene rings is 1. The number of hydrogen-bond acceptors (Lipinski definition) is 5. The normalized spacial score (nSPS) is 11.4. The van der Waals surface area contributed by atoms with E-state index in [1.807, 2.05) is 13.0 Å². The molecule has 0 radical (unpaired) electrons. The van der Waals surface area contributed by atoms with Gasteiger partial charge in [-0.2, -0.15) is 5.26 Å². The second-order valence-electron chi connectivity index (χ2n) is 3.68. The number of nitrogens with one attached hydrogen (secondary N) is 1. The molecule has 88 valence electrons. The Morgan fingerprint density at radius 3 is 2.56 bits per heavy atom. The van der Waals surface area contributed by atoms with Gasteiger partial charge in [0.2, 0.25) is 0 Å². The molecule has 3 N–H and O–H groups in total. The van der Waals surface area contributed by atoms with Crippen molar-refractivity contribution in [2.75, 3.05) is 13.2 Å². The van der Waals surface area contributed by atoms with E-state index in [4.69, 9.17) is 5.26 Å². The van der Waals surface area contributed by atoms with Crippen molar-refractivity contribution >= 4 is 11.3 Å². The molecular formula is C11H16N2O2S. The van der Waals surface area contributed by atoms with E-state index in [0.717, 1.165) is 4.88 Å². The quantitative estimate of drug-likeness (QED) is 0.689. The van der Waals surface area contributed by atoms with Gasteiger partial charge in [-0.3, -0.25) is 0 Å². The zero-order chi connectivity index (χ0) is 12.0. The Morgan fingerprint density at radius 2 is 2.12 bits per heavy atom. The lowest BCUT2D eigenvalue weighted by atomic mass is 9.98. The van der Waals surface area contributed by atoms with Crippen molar-refractivity contribution in [2.45, 2.75) is 25.4 Å². The van der Waals surface area contributed by atoms with E-state index < -0.39 is 5.54 Å². The molecule has 0 aliphatic carbocycles. The molecule has 0 aliphatic rings. The molecule has 1 aromatic rings. The highest BCUT2D eigenvalue weighted by atomic mass is 32.1. The maximum absolute atomic E-state index is 9.23. The van der Waals surface area contributed by atoms with Gasteiger partial charge in [0.05, 0.1) is 18.8 Å². The Labute approximate surface area is 99.2 Å². The summed E-state index contributed by atoms with van der Waals surface area (Å²) in [5, 5.41) is 30.3. The van der Waals surface area contributed by atoms with Crippen LogP contribution in [0.3, 0.4) is 0 Å². The fraction of sp³-hybridized carbons (Fsp3) is 0.545. The topological polar surface area (TPSA) is 76.3 Å². The number of aliphatic hydroxyl groups excluding tert-OH is 2. The summed E-state index contributed by atoms with van der Waals surface area (Å²) in [6, 6.07) is 5.73. The number of aliphatic hydroxyl groups is 2. The van der Waals surface area contributed by atoms with Crippen molar-refractivity contribution in [3.8, 4) is 6.07 Å². The van der Waals surface area contributed by atoms with Gasteiger partial charge in [0.1, 0.15) is 10.9 Å². The van der Waals surface area contributed by atoms with E-state index in [0.29, 0.717) is 17.8 Å². The van der Waals surface area contributed by atoms with Gasteiger partial charge in [0, 0.05) is 11.4 Å². The average molecular weight is 240 g/mol. The van der Waals surface area contributed by atoms with Gasteiger partial charge in [-0.25, -0.2) is 0 Å². The smallest absolute Gasteiger partial charge is 0.110 e. The van der Waals surface area contributed by atoms with Crippen LogP contribution in [0.1, 0.15) is 23.1 Å². The summed E-state index contributed by atoms with van der Waals surface area (Å²) < 4.78 is 0. The van der Waals surface area contributed by atoms with Crippen LogP contribution in [0.5, 0.6) is 0 Å². The van der Waals surface area contributed by atoms with Gasteiger partial charge in [0.15, 0.2) is 0 Å². The van der Waals surface area contributed by atoms with E-state index in [9.17, 15) is 10.2 Å². The number of nitriles is 1. The molecule has 1 rings (SSSR count). The Morgan fingerprint density at radius 1 is 1.44 bits per heavy atom. The molecule has 0 saturated heterocycles. The summed E-state index contributed by atoms with van der Waals surface area (Å²) in [6.07, 6.45) is 0.649. The molecule has 0 unspecified atom stereocenters. The minimum absolute atomic E-state index is 0.101. The minimum Gasteiger partial charge on any atom is -0.394 e. The molecule has 1 heterocycles. The first-order chi connectivity index (χ1) is 7.69. The summed E-state index contributed by atoms with van der Waals surface area (Å²) in [6.45, 7) is 2.27. The third-order valence-electron chi connectivity index (χ3n) is 2.69. The van der Waals surface area contributed by atoms with E-state index in [-0.39, 0.29) is 13.2 Å². The molecule has 0 fully saturated rings. The lowest BCUT2D eigenvalue weighted by Gasteiger charge is -2.29. The van der Waals surface area contributed by atoms with Crippen LogP contribution in [0.15, 0.2) is 12.1 Å². The third kappa shape index (κ3) is 3.03. The highest BCUT2D eigenvalue weighted by Gasteiger charge is 2.25. The van der Waals surface area contributed by atoms with Gasteiger partial charge >= 0.3 is 0 Å². The Kier molecular flexibility index (Phi) is 4.90. The second-order valence-corrected chi connectivity index (χ2v) is 4.85. The Bertz CT molecular complexity index is 358. The van der Waals surface area contributed by atoms with Crippen LogP contribution in [-0.2, 0) is 6.54 Å². The van der Waals surface area contributed by atoms with Crippen molar-refractivity contribution in [3.63, 3.8) is 0 Å². The van der Waals surface area contributed by atoms with E-state index in [2.05, 4.69) is 11.4 Å². The third-order valence-corrected chi connectivity index (χ3v) is 3.68. The predicted molar refractivity (Wildman–Crippen MR) is 63.1 cm³/mol. The Hall–Kier alpha value is -0.930. The highest BCUT2D eigenvalue weighted by molar-refractivity contribution is 7.12. The van der Waals surface area contributed by atoms with Crippen LogP contribution in [0.2, 0.25) is 0 Å². The predicted octanol–water partition coefficient (Wildman–Crippen LogP) is 0.843. The van der Waals surface area contributed by atoms with Crippen LogP contribution >= 0.6 is 11.3 Å². The Balaban J connectivity index is 2.59. The molecule has 5 heteroatoms. The van der Waals surface area contributed by atoms with E-state index >= 15 is 0 Å². The largest absolute Gasteiger partial charge is 0.394 e. The zero-order valence-corrected chi connectivity index (χ0v) is 10.0. The van der Waals surface area contributed by atoms with Crippen LogP contribution < -0.4 is 5.32 Å². The zero-order valence-electron chi connectivity index (χ0n) is 9.23. The van der Waals surface area contributed by atoms with Gasteiger partial charge in [0.25, 0.3) is 0 Å². The molecule has 0 aromatic carbocycles. The summed E-state index contributed by atoms with van der Waals surface area (Å²) in [7, 11) is 0. The molecule has 16 heavy (non-hydrogen) atoms. The summed E-state index contributed by atoms with van der Waals surface area (Å²) in [4.78, 5) is 1.70. The molecule has 0 atom stereocenters. The monoisotopic (exact) mass is 240 g/mol. The first-order valence-corrected chi connectivity index (χ1v) is 5.97. The summed E-state index contributed by atoms with van der Waals surface area (Å²) in [5.74, 6) is 0. The van der Waals surface area contributed by atoms with Gasteiger partial charge < -0.3 is 15.5 Å². The van der Waals surface area contributed by atoms with Crippen LogP contribution in [0, 0.1) is 11.3 Å². The van der Waals surface area contributed by atoms with Crippen molar-refractivity contribution in [2.24, 2.45) is 0 Å². The number of nitrogens with zero attached hydrogens (tertiary/aromatic N) is 1. The second kappa shape index (κ2) is 5.97. The van der Waals surface area contributed by atoms with Gasteiger partial charge in [-0.15, -0.1) is 11.3 Å². The number of rotatable bonds is 6. The van der Waals surface area contributed by atoms with E-state index in [1.165, 1.54) is 11.3 Å². The van der Waals surface area contributed by atoms with Crippen molar-refractivity contribution < 1.29 is 10.2 Å². The number of hydrogen-bond donors (Lipinski definition) is 3. The fourth-order valence-electron chi connectivity index (χ4n) is 1.32. The van der Waals surface area contributed by atoms with Crippen molar-refractivity contribution in [1.82, 2.24) is 5.32 Å². The first-order valence-electron chi connectivity index (χ1n) is 5.15. The van der Waals surface area contributed by atoms with Crippen LogP contribution in [0.4, 0.5) is 0 Å². The molecule has 1 aromatic heterocycles. The van der Waals surface area contributed by atoms with Crippen LogP contribution in [0.25, 0.3) is 0 Å². The van der Waals surface area contributed by atoms with Crippen LogP contribution in [-0.4, -0.2) is 29.0 Å². The van der Waals surface area contributed by atoms with Gasteiger partial charge in [-0.05, 0) is 18.6 Å². The summed E-state index contributed by atoms with van der Waals surface area (Å²) >= 11 is 1.42.